The van der Waals surface area contributed by atoms with Gasteiger partial charge in [0.05, 0.1) is 6.54 Å². The van der Waals surface area contributed by atoms with E-state index in [1.807, 2.05) is 33.0 Å². The average molecular weight is 248 g/mol. The molecule has 1 amide bonds. The second-order valence-corrected chi connectivity index (χ2v) is 4.90. The molecule has 0 aliphatic rings. The molecule has 1 rings (SSSR count). The van der Waals surface area contributed by atoms with Crippen LogP contribution in [0.5, 0.6) is 0 Å². The fourth-order valence-electron chi connectivity index (χ4n) is 1.73. The van der Waals surface area contributed by atoms with Crippen molar-refractivity contribution in [2.75, 3.05) is 18.5 Å². The molecule has 1 aromatic rings. The molecule has 0 aliphatic heterocycles. The first-order valence-corrected chi connectivity index (χ1v) is 6.63. The third-order valence-electron chi connectivity index (χ3n) is 2.90. The third-order valence-corrected chi connectivity index (χ3v) is 2.90. The lowest BCUT2D eigenvalue weighted by atomic mass is 10.1. The van der Waals surface area contributed by atoms with Gasteiger partial charge < -0.3 is 10.2 Å². The van der Waals surface area contributed by atoms with Crippen LogP contribution < -0.4 is 10.2 Å². The summed E-state index contributed by atoms with van der Waals surface area (Å²) in [5.41, 5.74) is 2.27. The summed E-state index contributed by atoms with van der Waals surface area (Å²) in [6, 6.07) is 8.54. The number of nitrogens with zero attached hydrogens (tertiary/aromatic N) is 1. The van der Waals surface area contributed by atoms with Crippen LogP contribution in [-0.4, -0.2) is 25.5 Å². The standard InChI is InChI=1S/C15H24N2O/c1-5-6-13-7-9-14(10-8-13)17(4)15(18)11-16-12(2)3/h7-10,12,16H,5-6,11H2,1-4H3. The topological polar surface area (TPSA) is 32.3 Å². The van der Waals surface area contributed by atoms with Gasteiger partial charge in [-0.3, -0.25) is 4.79 Å². The Morgan fingerprint density at radius 3 is 2.39 bits per heavy atom. The quantitative estimate of drug-likeness (QED) is 0.839. The van der Waals surface area contributed by atoms with Crippen molar-refractivity contribution < 1.29 is 4.79 Å². The minimum atomic E-state index is 0.0898. The first kappa shape index (κ1) is 14.7. The van der Waals surface area contributed by atoms with E-state index in [9.17, 15) is 4.79 Å². The predicted octanol–water partition coefficient (Wildman–Crippen LogP) is 2.60. The van der Waals surface area contributed by atoms with Gasteiger partial charge in [0.2, 0.25) is 5.91 Å². The summed E-state index contributed by atoms with van der Waals surface area (Å²) in [7, 11) is 1.82. The Bertz CT molecular complexity index is 371. The first-order valence-electron chi connectivity index (χ1n) is 6.63. The molecule has 0 saturated carbocycles. The van der Waals surface area contributed by atoms with Crippen LogP contribution in [0.4, 0.5) is 5.69 Å². The molecule has 18 heavy (non-hydrogen) atoms. The third kappa shape index (κ3) is 4.49. The Morgan fingerprint density at radius 1 is 1.28 bits per heavy atom. The van der Waals surface area contributed by atoms with E-state index < -0.39 is 0 Å². The van der Waals surface area contributed by atoms with Crippen molar-refractivity contribution in [3.05, 3.63) is 29.8 Å². The van der Waals surface area contributed by atoms with Crippen molar-refractivity contribution in [2.24, 2.45) is 0 Å². The molecule has 3 nitrogen and oxygen atoms in total. The summed E-state index contributed by atoms with van der Waals surface area (Å²) in [5, 5.41) is 3.14. The summed E-state index contributed by atoms with van der Waals surface area (Å²) in [5.74, 6) is 0.0898. The lowest BCUT2D eigenvalue weighted by Crippen LogP contribution is -2.38. The van der Waals surface area contributed by atoms with Gasteiger partial charge in [0.15, 0.2) is 0 Å². The van der Waals surface area contributed by atoms with Gasteiger partial charge in [0.1, 0.15) is 0 Å². The van der Waals surface area contributed by atoms with Crippen molar-refractivity contribution in [2.45, 2.75) is 39.7 Å². The number of likely N-dealkylation sites (N-methyl/N-ethyl adjacent to an activating group) is 1. The molecular formula is C15H24N2O. The van der Waals surface area contributed by atoms with Gasteiger partial charge in [-0.25, -0.2) is 0 Å². The molecule has 0 aromatic heterocycles. The monoisotopic (exact) mass is 248 g/mol. The van der Waals surface area contributed by atoms with Gasteiger partial charge in [0.25, 0.3) is 0 Å². The highest BCUT2D eigenvalue weighted by atomic mass is 16.2. The SMILES string of the molecule is CCCc1ccc(N(C)C(=O)CNC(C)C)cc1. The van der Waals surface area contributed by atoms with Crippen LogP contribution in [0.15, 0.2) is 24.3 Å². The number of benzene rings is 1. The van der Waals surface area contributed by atoms with Gasteiger partial charge in [0, 0.05) is 18.8 Å². The van der Waals surface area contributed by atoms with Crippen LogP contribution in [-0.2, 0) is 11.2 Å². The highest BCUT2D eigenvalue weighted by Crippen LogP contribution is 2.14. The van der Waals surface area contributed by atoms with Crippen molar-refractivity contribution in [3.63, 3.8) is 0 Å². The highest BCUT2D eigenvalue weighted by Gasteiger charge is 2.10. The highest BCUT2D eigenvalue weighted by molar-refractivity contribution is 5.94. The summed E-state index contributed by atoms with van der Waals surface area (Å²) < 4.78 is 0. The molecule has 0 heterocycles. The number of hydrogen-bond acceptors (Lipinski definition) is 2. The fraction of sp³-hybridized carbons (Fsp3) is 0.533. The van der Waals surface area contributed by atoms with E-state index in [0.717, 1.165) is 18.5 Å². The number of nitrogens with one attached hydrogen (secondary N) is 1. The molecule has 0 aliphatic carbocycles. The summed E-state index contributed by atoms with van der Waals surface area (Å²) in [6.45, 7) is 6.62. The van der Waals surface area contributed by atoms with E-state index in [-0.39, 0.29) is 5.91 Å². The molecular weight excluding hydrogens is 224 g/mol. The lowest BCUT2D eigenvalue weighted by molar-refractivity contribution is -0.117. The van der Waals surface area contributed by atoms with Crippen LogP contribution >= 0.6 is 0 Å². The van der Waals surface area contributed by atoms with Crippen molar-refractivity contribution in [1.82, 2.24) is 5.32 Å². The molecule has 0 spiro atoms. The maximum Gasteiger partial charge on any atom is 0.240 e. The van der Waals surface area contributed by atoms with E-state index in [1.165, 1.54) is 5.56 Å². The zero-order chi connectivity index (χ0) is 13.5. The Morgan fingerprint density at radius 2 is 1.89 bits per heavy atom. The minimum Gasteiger partial charge on any atom is -0.314 e. The molecule has 0 atom stereocenters. The Kier molecular flexibility index (Phi) is 5.86. The van der Waals surface area contributed by atoms with E-state index in [0.29, 0.717) is 12.6 Å². The van der Waals surface area contributed by atoms with E-state index in [1.54, 1.807) is 4.90 Å². The van der Waals surface area contributed by atoms with Gasteiger partial charge in [-0.15, -0.1) is 0 Å². The molecule has 1 N–H and O–H groups in total. The van der Waals surface area contributed by atoms with Crippen LogP contribution in [0, 0.1) is 0 Å². The summed E-state index contributed by atoms with van der Waals surface area (Å²) in [6.07, 6.45) is 2.24. The second-order valence-electron chi connectivity index (χ2n) is 4.90. The van der Waals surface area contributed by atoms with Crippen LogP contribution in [0.1, 0.15) is 32.8 Å². The number of aryl methyl sites for hydroxylation is 1. The maximum absolute atomic E-state index is 11.9. The van der Waals surface area contributed by atoms with Gasteiger partial charge >= 0.3 is 0 Å². The Labute approximate surface area is 110 Å². The number of rotatable bonds is 6. The molecule has 0 fully saturated rings. The molecule has 0 unspecified atom stereocenters. The summed E-state index contributed by atoms with van der Waals surface area (Å²) in [4.78, 5) is 13.6. The van der Waals surface area contributed by atoms with Crippen LogP contribution in [0.3, 0.4) is 0 Å². The number of carbonyl (C=O) groups is 1. The number of hydrogen-bond donors (Lipinski definition) is 1. The molecule has 1 aromatic carbocycles. The largest absolute Gasteiger partial charge is 0.314 e. The van der Waals surface area contributed by atoms with Gasteiger partial charge in [-0.1, -0.05) is 39.3 Å². The number of amides is 1. The zero-order valence-electron chi connectivity index (χ0n) is 11.9. The second kappa shape index (κ2) is 7.17. The van der Waals surface area contributed by atoms with Crippen molar-refractivity contribution >= 4 is 11.6 Å². The Hall–Kier alpha value is -1.35. The number of carbonyl (C=O) groups excluding carboxylic acids is 1. The smallest absolute Gasteiger partial charge is 0.240 e. The number of anilines is 1. The average Bonchev–Trinajstić information content (AvgIpc) is 2.36. The zero-order valence-corrected chi connectivity index (χ0v) is 11.9. The fourth-order valence-corrected chi connectivity index (χ4v) is 1.73. The lowest BCUT2D eigenvalue weighted by Gasteiger charge is -2.19. The molecule has 0 radical (unpaired) electrons. The molecule has 3 heteroatoms. The first-order chi connectivity index (χ1) is 8.54. The van der Waals surface area contributed by atoms with Crippen molar-refractivity contribution in [3.8, 4) is 0 Å². The molecule has 100 valence electrons. The van der Waals surface area contributed by atoms with Gasteiger partial charge in [-0.05, 0) is 24.1 Å². The van der Waals surface area contributed by atoms with E-state index in [4.69, 9.17) is 0 Å². The normalized spacial score (nSPS) is 10.7. The van der Waals surface area contributed by atoms with Crippen LogP contribution in [0.2, 0.25) is 0 Å². The van der Waals surface area contributed by atoms with E-state index in [2.05, 4.69) is 24.4 Å². The summed E-state index contributed by atoms with van der Waals surface area (Å²) >= 11 is 0. The minimum absolute atomic E-state index is 0.0898. The molecule has 0 saturated heterocycles. The Balaban J connectivity index is 2.60. The van der Waals surface area contributed by atoms with Crippen molar-refractivity contribution in [1.29, 1.82) is 0 Å². The van der Waals surface area contributed by atoms with Crippen LogP contribution in [0.25, 0.3) is 0 Å². The maximum atomic E-state index is 11.9. The van der Waals surface area contributed by atoms with Gasteiger partial charge in [-0.2, -0.15) is 0 Å². The molecule has 0 bridgehead atoms. The predicted molar refractivity (Wildman–Crippen MR) is 77.0 cm³/mol. The van der Waals surface area contributed by atoms with E-state index >= 15 is 0 Å².